The first-order valence-corrected chi connectivity index (χ1v) is 12.1. The lowest BCUT2D eigenvalue weighted by Crippen LogP contribution is -2.36. The van der Waals surface area contributed by atoms with E-state index in [2.05, 4.69) is 26.3 Å². The van der Waals surface area contributed by atoms with E-state index in [0.717, 1.165) is 22.4 Å². The zero-order chi connectivity index (χ0) is 25.5. The second-order valence-corrected chi connectivity index (χ2v) is 9.10. The van der Waals surface area contributed by atoms with E-state index in [-0.39, 0.29) is 17.7 Å². The van der Waals surface area contributed by atoms with Crippen molar-refractivity contribution >= 4 is 23.5 Å². The first kappa shape index (κ1) is 25.1. The van der Waals surface area contributed by atoms with Gasteiger partial charge in [0.2, 0.25) is 5.95 Å². The average molecular weight is 502 g/mol. The fourth-order valence-electron chi connectivity index (χ4n) is 3.80. The first-order valence-electron chi connectivity index (χ1n) is 11.8. The number of pyridine rings is 1. The minimum absolute atomic E-state index is 0.0266. The van der Waals surface area contributed by atoms with Crippen molar-refractivity contribution in [3.05, 3.63) is 101 Å². The van der Waals surface area contributed by atoms with Crippen molar-refractivity contribution in [1.82, 2.24) is 19.9 Å². The quantitative estimate of drug-likeness (QED) is 0.310. The molecule has 1 amide bonds. The molecule has 2 aromatic carbocycles. The van der Waals surface area contributed by atoms with Crippen molar-refractivity contribution in [1.29, 1.82) is 0 Å². The van der Waals surface area contributed by atoms with Crippen molar-refractivity contribution in [2.75, 3.05) is 11.9 Å². The Labute approximate surface area is 215 Å². The normalized spacial score (nSPS) is 10.9. The van der Waals surface area contributed by atoms with Gasteiger partial charge in [-0.05, 0) is 67.8 Å². The van der Waals surface area contributed by atoms with Crippen LogP contribution in [0.5, 0.6) is 5.75 Å². The highest BCUT2D eigenvalue weighted by Gasteiger charge is 2.19. The maximum atomic E-state index is 13.1. The third-order valence-corrected chi connectivity index (χ3v) is 6.05. The molecule has 0 saturated carbocycles. The average Bonchev–Trinajstić information content (AvgIpc) is 2.90. The van der Waals surface area contributed by atoms with Gasteiger partial charge in [-0.3, -0.25) is 9.78 Å². The highest BCUT2D eigenvalue weighted by Crippen LogP contribution is 2.24. The van der Waals surface area contributed by atoms with Gasteiger partial charge in [-0.2, -0.15) is 0 Å². The van der Waals surface area contributed by atoms with Crippen LogP contribution in [0.3, 0.4) is 0 Å². The number of nitrogens with one attached hydrogen (secondary N) is 1. The monoisotopic (exact) mass is 501 g/mol. The highest BCUT2D eigenvalue weighted by molar-refractivity contribution is 6.32. The topological polar surface area (TPSA) is 91.2 Å². The van der Waals surface area contributed by atoms with E-state index < -0.39 is 0 Å². The summed E-state index contributed by atoms with van der Waals surface area (Å²) in [4.78, 5) is 27.9. The molecule has 8 heteroatoms. The second-order valence-electron chi connectivity index (χ2n) is 8.69. The highest BCUT2D eigenvalue weighted by atomic mass is 35.5. The number of phenols is 1. The predicted octanol–water partition coefficient (Wildman–Crippen LogP) is 5.60. The number of phenolic OH excluding ortho intramolecular Hbond substituents is 1. The fourth-order valence-corrected chi connectivity index (χ4v) is 4.01. The Bertz CT molecular complexity index is 1330. The van der Waals surface area contributed by atoms with Crippen molar-refractivity contribution in [2.45, 2.75) is 32.9 Å². The van der Waals surface area contributed by atoms with E-state index in [4.69, 9.17) is 11.6 Å². The summed E-state index contributed by atoms with van der Waals surface area (Å²) >= 11 is 5.99. The van der Waals surface area contributed by atoms with Gasteiger partial charge < -0.3 is 15.3 Å². The molecule has 2 aromatic heterocycles. The molecule has 0 unspecified atom stereocenters. The van der Waals surface area contributed by atoms with Gasteiger partial charge in [0.15, 0.2) is 0 Å². The number of carbonyl (C=O) groups excluding carboxylic acids is 1. The largest absolute Gasteiger partial charge is 0.506 e. The summed E-state index contributed by atoms with van der Waals surface area (Å²) < 4.78 is 0. The zero-order valence-electron chi connectivity index (χ0n) is 20.2. The van der Waals surface area contributed by atoms with Crippen LogP contribution in [0.1, 0.15) is 35.3 Å². The van der Waals surface area contributed by atoms with Gasteiger partial charge in [0.05, 0.1) is 10.7 Å². The number of hydrogen-bond donors (Lipinski definition) is 2. The van der Waals surface area contributed by atoms with Crippen LogP contribution in [-0.4, -0.2) is 43.5 Å². The molecule has 0 aliphatic carbocycles. The first-order chi connectivity index (χ1) is 17.4. The number of nitrogens with zero attached hydrogens (tertiary/aromatic N) is 4. The van der Waals surface area contributed by atoms with Crippen LogP contribution in [0.2, 0.25) is 5.02 Å². The molecule has 0 aliphatic heterocycles. The Morgan fingerprint density at radius 2 is 1.83 bits per heavy atom. The number of carbonyl (C=O) groups is 1. The van der Waals surface area contributed by atoms with Crippen LogP contribution < -0.4 is 5.32 Å². The number of aromatic nitrogens is 3. The lowest BCUT2D eigenvalue weighted by Gasteiger charge is -2.27. The minimum Gasteiger partial charge on any atom is -0.506 e. The van der Waals surface area contributed by atoms with Crippen molar-refractivity contribution < 1.29 is 9.90 Å². The molecule has 4 aromatic rings. The molecule has 4 rings (SSSR count). The van der Waals surface area contributed by atoms with Crippen LogP contribution >= 0.6 is 11.6 Å². The van der Waals surface area contributed by atoms with Gasteiger partial charge in [0.1, 0.15) is 5.75 Å². The van der Waals surface area contributed by atoms with E-state index in [1.807, 2.05) is 49.1 Å². The van der Waals surface area contributed by atoms with Crippen LogP contribution in [-0.2, 0) is 13.0 Å². The summed E-state index contributed by atoms with van der Waals surface area (Å²) in [5, 5.41) is 13.2. The minimum atomic E-state index is -0.0266. The van der Waals surface area contributed by atoms with E-state index in [1.165, 1.54) is 0 Å². The number of rotatable bonds is 9. The van der Waals surface area contributed by atoms with Gasteiger partial charge in [0, 0.05) is 48.8 Å². The molecule has 0 bridgehead atoms. The van der Waals surface area contributed by atoms with Gasteiger partial charge in [0.25, 0.3) is 5.91 Å². The Morgan fingerprint density at radius 1 is 1.03 bits per heavy atom. The van der Waals surface area contributed by atoms with E-state index in [0.29, 0.717) is 36.0 Å². The second kappa shape index (κ2) is 11.6. The number of halogens is 1. The van der Waals surface area contributed by atoms with E-state index in [1.54, 1.807) is 42.9 Å². The molecule has 2 heterocycles. The Hall–Kier alpha value is -3.97. The molecule has 36 heavy (non-hydrogen) atoms. The predicted molar refractivity (Wildman–Crippen MR) is 142 cm³/mol. The summed E-state index contributed by atoms with van der Waals surface area (Å²) in [7, 11) is 0. The summed E-state index contributed by atoms with van der Waals surface area (Å²) in [6.07, 6.45) is 5.70. The fraction of sp³-hybridized carbons (Fsp3) is 0.214. The maximum Gasteiger partial charge on any atom is 0.254 e. The van der Waals surface area contributed by atoms with Crippen LogP contribution in [0.25, 0.3) is 11.3 Å². The van der Waals surface area contributed by atoms with Gasteiger partial charge in [-0.25, -0.2) is 9.97 Å². The van der Waals surface area contributed by atoms with Gasteiger partial charge in [-0.1, -0.05) is 35.9 Å². The third kappa shape index (κ3) is 6.37. The Kier molecular flexibility index (Phi) is 8.13. The number of aromatic hydroxyl groups is 1. The molecule has 0 aliphatic rings. The lowest BCUT2D eigenvalue weighted by atomic mass is 10.1. The van der Waals surface area contributed by atoms with Gasteiger partial charge >= 0.3 is 0 Å². The number of hydrogen-bond acceptors (Lipinski definition) is 6. The molecular weight excluding hydrogens is 474 g/mol. The Balaban J connectivity index is 1.45. The molecule has 0 saturated heterocycles. The maximum absolute atomic E-state index is 13.1. The molecule has 0 radical (unpaired) electrons. The molecule has 0 atom stereocenters. The third-order valence-electron chi connectivity index (χ3n) is 5.75. The van der Waals surface area contributed by atoms with Crippen LogP contribution in [0.4, 0.5) is 5.95 Å². The zero-order valence-corrected chi connectivity index (χ0v) is 21.0. The summed E-state index contributed by atoms with van der Waals surface area (Å²) in [5.74, 6) is 0.575. The summed E-state index contributed by atoms with van der Waals surface area (Å²) in [5.41, 5.74) is 4.38. The van der Waals surface area contributed by atoms with Crippen molar-refractivity contribution in [3.63, 3.8) is 0 Å². The van der Waals surface area contributed by atoms with E-state index in [9.17, 15) is 9.90 Å². The molecule has 0 fully saturated rings. The van der Waals surface area contributed by atoms with Gasteiger partial charge in [-0.15, -0.1) is 0 Å². The van der Waals surface area contributed by atoms with E-state index >= 15 is 0 Å². The number of amides is 1. The molecule has 0 spiro atoms. The Morgan fingerprint density at radius 3 is 2.58 bits per heavy atom. The number of anilines is 1. The molecular formula is C28H28ClN5O2. The summed E-state index contributed by atoms with van der Waals surface area (Å²) in [6.45, 7) is 5.12. The molecule has 184 valence electrons. The summed E-state index contributed by atoms with van der Waals surface area (Å²) in [6, 6.07) is 18.6. The molecule has 7 nitrogen and oxygen atoms in total. The van der Waals surface area contributed by atoms with Crippen LogP contribution in [0, 0.1) is 0 Å². The molecule has 2 N–H and O–H groups in total. The SMILES string of the molecule is CC(C)N(Cc1cccc(-c2ccnc(NCCc3ccc(O)c(Cl)c3)n2)c1)C(=O)c1ccncc1. The van der Waals surface area contributed by atoms with Crippen LogP contribution in [0.15, 0.2) is 79.3 Å². The van der Waals surface area contributed by atoms with Crippen molar-refractivity contribution in [2.24, 2.45) is 0 Å². The smallest absolute Gasteiger partial charge is 0.254 e. The van der Waals surface area contributed by atoms with Crippen molar-refractivity contribution in [3.8, 4) is 17.0 Å². The number of benzene rings is 2. The standard InChI is InChI=1S/C28H28ClN5O2/c1-19(2)34(27(36)22-9-12-30-13-10-22)18-21-4-3-5-23(16-21)25-11-15-32-28(33-25)31-14-8-20-6-7-26(35)24(29)17-20/h3-7,9-13,15-17,19,35H,8,14,18H2,1-2H3,(H,31,32,33). The lowest BCUT2D eigenvalue weighted by molar-refractivity contribution is 0.0690.